The zero-order chi connectivity index (χ0) is 15.6. The molecule has 2 N–H and O–H groups in total. The molecule has 0 aliphatic carbocycles. The van der Waals surface area contributed by atoms with Crippen molar-refractivity contribution in [3.05, 3.63) is 65.7 Å². The van der Waals surface area contributed by atoms with Crippen LogP contribution in [0.2, 0.25) is 0 Å². The molecule has 1 heterocycles. The Bertz CT molecular complexity index is 623. The molecule has 0 aromatic heterocycles. The monoisotopic (exact) mass is 294 g/mol. The molecule has 3 rings (SSSR count). The van der Waals surface area contributed by atoms with Crippen LogP contribution in [-0.4, -0.2) is 18.0 Å². The quantitative estimate of drug-likeness (QED) is 0.865. The standard InChI is InChI=1S/C20H26N2/c1-16-14-22(15-17-7-4-3-5-8-17)12-11-20(16,2)18-9-6-10-19(21)13-18/h3-10,13,16H,11-12,14-15,21H2,1-2H3/t16-,20-/m0/s1. The van der Waals surface area contributed by atoms with Gasteiger partial charge in [-0.2, -0.15) is 0 Å². The van der Waals surface area contributed by atoms with Crippen molar-refractivity contribution in [1.29, 1.82) is 0 Å². The number of benzene rings is 2. The van der Waals surface area contributed by atoms with Crippen molar-refractivity contribution in [3.63, 3.8) is 0 Å². The van der Waals surface area contributed by atoms with E-state index < -0.39 is 0 Å². The summed E-state index contributed by atoms with van der Waals surface area (Å²) in [5, 5.41) is 0. The summed E-state index contributed by atoms with van der Waals surface area (Å²) in [7, 11) is 0. The van der Waals surface area contributed by atoms with Gasteiger partial charge in [0.25, 0.3) is 0 Å². The van der Waals surface area contributed by atoms with Crippen LogP contribution in [0.25, 0.3) is 0 Å². The maximum absolute atomic E-state index is 5.99. The largest absolute Gasteiger partial charge is 0.399 e. The Labute approximate surface area is 134 Å². The molecule has 1 aliphatic heterocycles. The highest BCUT2D eigenvalue weighted by molar-refractivity contribution is 5.43. The predicted molar refractivity (Wildman–Crippen MR) is 93.7 cm³/mol. The van der Waals surface area contributed by atoms with Gasteiger partial charge in [-0.25, -0.2) is 0 Å². The van der Waals surface area contributed by atoms with E-state index >= 15 is 0 Å². The third-order valence-electron chi connectivity index (χ3n) is 5.36. The Morgan fingerprint density at radius 2 is 1.91 bits per heavy atom. The molecule has 1 aliphatic rings. The number of likely N-dealkylation sites (tertiary alicyclic amines) is 1. The smallest absolute Gasteiger partial charge is 0.0316 e. The molecule has 0 radical (unpaired) electrons. The third kappa shape index (κ3) is 3.02. The first-order valence-electron chi connectivity index (χ1n) is 8.20. The fourth-order valence-corrected chi connectivity index (χ4v) is 3.62. The molecular formula is C20H26N2. The topological polar surface area (TPSA) is 29.3 Å². The molecule has 0 amide bonds. The number of nitrogens with zero attached hydrogens (tertiary/aromatic N) is 1. The molecule has 1 saturated heterocycles. The number of hydrogen-bond donors (Lipinski definition) is 1. The molecule has 0 unspecified atom stereocenters. The molecular weight excluding hydrogens is 268 g/mol. The van der Waals surface area contributed by atoms with Gasteiger partial charge in [0.2, 0.25) is 0 Å². The highest BCUT2D eigenvalue weighted by atomic mass is 15.1. The fraction of sp³-hybridized carbons (Fsp3) is 0.400. The van der Waals surface area contributed by atoms with Crippen molar-refractivity contribution in [2.45, 2.75) is 32.2 Å². The van der Waals surface area contributed by atoms with Crippen LogP contribution in [0.15, 0.2) is 54.6 Å². The number of nitrogen functional groups attached to an aromatic ring is 1. The zero-order valence-corrected chi connectivity index (χ0v) is 13.6. The van der Waals surface area contributed by atoms with E-state index in [4.69, 9.17) is 5.73 Å². The van der Waals surface area contributed by atoms with Gasteiger partial charge in [-0.3, -0.25) is 4.90 Å². The van der Waals surface area contributed by atoms with Crippen LogP contribution < -0.4 is 5.73 Å². The number of anilines is 1. The Balaban J connectivity index is 1.72. The summed E-state index contributed by atoms with van der Waals surface area (Å²) < 4.78 is 0. The van der Waals surface area contributed by atoms with E-state index in [-0.39, 0.29) is 5.41 Å². The maximum atomic E-state index is 5.99. The van der Waals surface area contributed by atoms with Gasteiger partial charge in [0.15, 0.2) is 0 Å². The van der Waals surface area contributed by atoms with Crippen molar-refractivity contribution in [2.75, 3.05) is 18.8 Å². The number of rotatable bonds is 3. The van der Waals surface area contributed by atoms with Crippen LogP contribution >= 0.6 is 0 Å². The molecule has 0 spiro atoms. The minimum Gasteiger partial charge on any atom is -0.399 e. The van der Waals surface area contributed by atoms with Crippen molar-refractivity contribution < 1.29 is 0 Å². The van der Waals surface area contributed by atoms with Gasteiger partial charge in [0.1, 0.15) is 0 Å². The predicted octanol–water partition coefficient (Wildman–Crippen LogP) is 4.07. The molecule has 1 fully saturated rings. The summed E-state index contributed by atoms with van der Waals surface area (Å²) >= 11 is 0. The third-order valence-corrected chi connectivity index (χ3v) is 5.36. The van der Waals surface area contributed by atoms with Crippen LogP contribution in [0.4, 0.5) is 5.69 Å². The van der Waals surface area contributed by atoms with Gasteiger partial charge in [-0.15, -0.1) is 0 Å². The molecule has 2 aromatic rings. The van der Waals surface area contributed by atoms with Gasteiger partial charge in [0.05, 0.1) is 0 Å². The maximum Gasteiger partial charge on any atom is 0.0316 e. The van der Waals surface area contributed by atoms with Gasteiger partial charge in [-0.1, -0.05) is 56.3 Å². The first-order valence-corrected chi connectivity index (χ1v) is 8.20. The van der Waals surface area contributed by atoms with Gasteiger partial charge >= 0.3 is 0 Å². The summed E-state index contributed by atoms with van der Waals surface area (Å²) in [5.41, 5.74) is 9.88. The van der Waals surface area contributed by atoms with E-state index in [0.29, 0.717) is 5.92 Å². The van der Waals surface area contributed by atoms with E-state index in [1.807, 2.05) is 6.07 Å². The second-order valence-corrected chi connectivity index (χ2v) is 6.91. The highest BCUT2D eigenvalue weighted by Crippen LogP contribution is 2.40. The highest BCUT2D eigenvalue weighted by Gasteiger charge is 2.37. The number of piperidine rings is 1. The molecule has 2 atom stereocenters. The van der Waals surface area contributed by atoms with Crippen molar-refractivity contribution in [2.24, 2.45) is 5.92 Å². The number of hydrogen-bond acceptors (Lipinski definition) is 2. The zero-order valence-electron chi connectivity index (χ0n) is 13.6. The van der Waals surface area contributed by atoms with Gasteiger partial charge in [-0.05, 0) is 47.6 Å². The Morgan fingerprint density at radius 3 is 2.59 bits per heavy atom. The van der Waals surface area contributed by atoms with Crippen LogP contribution in [0.1, 0.15) is 31.4 Å². The lowest BCUT2D eigenvalue weighted by Crippen LogP contribution is -2.46. The van der Waals surface area contributed by atoms with E-state index in [1.54, 1.807) is 0 Å². The molecule has 2 aromatic carbocycles. The van der Waals surface area contributed by atoms with Crippen LogP contribution in [0.3, 0.4) is 0 Å². The van der Waals surface area contributed by atoms with Crippen LogP contribution in [-0.2, 0) is 12.0 Å². The second-order valence-electron chi connectivity index (χ2n) is 6.91. The Morgan fingerprint density at radius 1 is 1.14 bits per heavy atom. The molecule has 0 saturated carbocycles. The minimum atomic E-state index is 0.225. The Kier molecular flexibility index (Phi) is 4.21. The molecule has 22 heavy (non-hydrogen) atoms. The van der Waals surface area contributed by atoms with Gasteiger partial charge < -0.3 is 5.73 Å². The average molecular weight is 294 g/mol. The van der Waals surface area contributed by atoms with Crippen molar-refractivity contribution in [1.82, 2.24) is 4.90 Å². The van der Waals surface area contributed by atoms with Crippen molar-refractivity contribution in [3.8, 4) is 0 Å². The van der Waals surface area contributed by atoms with Crippen LogP contribution in [0, 0.1) is 5.92 Å². The van der Waals surface area contributed by atoms with E-state index in [9.17, 15) is 0 Å². The normalized spacial score (nSPS) is 26.0. The van der Waals surface area contributed by atoms with E-state index in [0.717, 1.165) is 25.3 Å². The summed E-state index contributed by atoms with van der Waals surface area (Å²) in [6, 6.07) is 19.2. The first-order chi connectivity index (χ1) is 10.6. The van der Waals surface area contributed by atoms with E-state index in [1.165, 1.54) is 17.5 Å². The molecule has 2 nitrogen and oxygen atoms in total. The lowest BCUT2D eigenvalue weighted by molar-refractivity contribution is 0.105. The summed E-state index contributed by atoms with van der Waals surface area (Å²) in [4.78, 5) is 2.58. The summed E-state index contributed by atoms with van der Waals surface area (Å²) in [5.74, 6) is 0.617. The molecule has 2 heteroatoms. The lowest BCUT2D eigenvalue weighted by Gasteiger charge is -2.45. The lowest BCUT2D eigenvalue weighted by atomic mass is 9.68. The van der Waals surface area contributed by atoms with Crippen LogP contribution in [0.5, 0.6) is 0 Å². The minimum absolute atomic E-state index is 0.225. The summed E-state index contributed by atoms with van der Waals surface area (Å²) in [6.45, 7) is 8.11. The number of nitrogens with two attached hydrogens (primary N) is 1. The second kappa shape index (κ2) is 6.13. The average Bonchev–Trinajstić information content (AvgIpc) is 2.52. The first kappa shape index (κ1) is 15.1. The Hall–Kier alpha value is -1.80. The molecule has 0 bridgehead atoms. The molecule has 116 valence electrons. The van der Waals surface area contributed by atoms with Gasteiger partial charge in [0, 0.05) is 18.8 Å². The van der Waals surface area contributed by atoms with E-state index in [2.05, 4.69) is 67.3 Å². The van der Waals surface area contributed by atoms with Crippen molar-refractivity contribution >= 4 is 5.69 Å². The summed E-state index contributed by atoms with van der Waals surface area (Å²) in [6.07, 6.45) is 1.18. The SMILES string of the molecule is C[C@H]1CN(Cc2ccccc2)CC[C@]1(C)c1cccc(N)c1. The fourth-order valence-electron chi connectivity index (χ4n) is 3.62.